The number of amides is 1. The summed E-state index contributed by atoms with van der Waals surface area (Å²) in [7, 11) is -2.54. The third kappa shape index (κ3) is 5.18. The topological polar surface area (TPSA) is 72.9 Å². The Morgan fingerprint density at radius 2 is 1.43 bits per heavy atom. The van der Waals surface area contributed by atoms with Crippen molar-refractivity contribution in [2.75, 3.05) is 18.0 Å². The number of anilines is 1. The third-order valence-corrected chi connectivity index (χ3v) is 6.12. The Morgan fingerprint density at radius 1 is 0.833 bits per heavy atom. The van der Waals surface area contributed by atoms with Crippen molar-refractivity contribution < 1.29 is 22.7 Å². The van der Waals surface area contributed by atoms with Crippen molar-refractivity contribution >= 4 is 21.6 Å². The van der Waals surface area contributed by atoms with Gasteiger partial charge in [-0.15, -0.1) is 0 Å². The Bertz CT molecular complexity index is 1050. The number of ether oxygens (including phenoxy) is 2. The molecule has 30 heavy (non-hydrogen) atoms. The lowest BCUT2D eigenvalue weighted by atomic mass is 10.2. The number of nitrogens with zero attached hydrogens (tertiary/aromatic N) is 1. The van der Waals surface area contributed by atoms with E-state index in [9.17, 15) is 13.2 Å². The number of methoxy groups -OCH3 is 1. The number of benzene rings is 3. The van der Waals surface area contributed by atoms with Crippen LogP contribution in [0.5, 0.6) is 11.5 Å². The normalized spacial score (nSPS) is 11.0. The smallest absolute Gasteiger partial charge is 0.270 e. The molecule has 0 unspecified atom stereocenters. The first-order valence-electron chi connectivity index (χ1n) is 9.47. The first-order valence-corrected chi connectivity index (χ1v) is 10.9. The highest BCUT2D eigenvalue weighted by Gasteiger charge is 2.30. The Balaban J connectivity index is 1.79. The van der Waals surface area contributed by atoms with Crippen LogP contribution in [0.25, 0.3) is 0 Å². The third-order valence-electron chi connectivity index (χ3n) is 4.36. The van der Waals surface area contributed by atoms with Crippen LogP contribution in [0.1, 0.15) is 12.8 Å². The molecule has 0 saturated heterocycles. The summed E-state index contributed by atoms with van der Waals surface area (Å²) in [5, 5.41) is 0. The summed E-state index contributed by atoms with van der Waals surface area (Å²) < 4.78 is 38.0. The summed E-state index contributed by atoms with van der Waals surface area (Å²) in [6.07, 6.45) is 0.398. The zero-order valence-corrected chi connectivity index (χ0v) is 17.4. The maximum absolute atomic E-state index is 13.2. The molecule has 0 fully saturated rings. The van der Waals surface area contributed by atoms with Crippen molar-refractivity contribution in [1.82, 2.24) is 0 Å². The minimum atomic E-state index is -4.06. The monoisotopic (exact) mass is 425 g/mol. The van der Waals surface area contributed by atoms with Crippen LogP contribution in [0.3, 0.4) is 0 Å². The van der Waals surface area contributed by atoms with Crippen LogP contribution < -0.4 is 13.8 Å². The summed E-state index contributed by atoms with van der Waals surface area (Å²) in [6, 6.07) is 23.5. The zero-order chi connectivity index (χ0) is 21.4. The molecule has 0 bridgehead atoms. The van der Waals surface area contributed by atoms with E-state index in [0.29, 0.717) is 24.5 Å². The second kappa shape index (κ2) is 9.93. The van der Waals surface area contributed by atoms with Crippen molar-refractivity contribution in [1.29, 1.82) is 0 Å². The molecule has 6 nitrogen and oxygen atoms in total. The molecule has 156 valence electrons. The van der Waals surface area contributed by atoms with Gasteiger partial charge in [0, 0.05) is 6.42 Å². The maximum atomic E-state index is 13.2. The molecule has 3 aromatic carbocycles. The lowest BCUT2D eigenvalue weighted by Gasteiger charge is -2.23. The van der Waals surface area contributed by atoms with Crippen LogP contribution in [0, 0.1) is 0 Å². The summed E-state index contributed by atoms with van der Waals surface area (Å²) in [5.41, 5.74) is 0.258. The Labute approximate surface area is 176 Å². The van der Waals surface area contributed by atoms with Crippen molar-refractivity contribution in [2.45, 2.75) is 17.7 Å². The molecular weight excluding hydrogens is 402 g/mol. The average molecular weight is 426 g/mol. The van der Waals surface area contributed by atoms with Crippen molar-refractivity contribution in [2.24, 2.45) is 0 Å². The second-order valence-corrected chi connectivity index (χ2v) is 8.23. The van der Waals surface area contributed by atoms with E-state index >= 15 is 0 Å². The highest BCUT2D eigenvalue weighted by molar-refractivity contribution is 7.93. The zero-order valence-electron chi connectivity index (χ0n) is 16.6. The maximum Gasteiger partial charge on any atom is 0.270 e. The van der Waals surface area contributed by atoms with Crippen LogP contribution in [0.2, 0.25) is 0 Å². The van der Waals surface area contributed by atoms with Crippen molar-refractivity contribution in [3.05, 3.63) is 84.9 Å². The lowest BCUT2D eigenvalue weighted by molar-refractivity contribution is -0.117. The summed E-state index contributed by atoms with van der Waals surface area (Å²) in [5.74, 6) is 0.745. The molecule has 0 aliphatic carbocycles. The highest BCUT2D eigenvalue weighted by atomic mass is 32.2. The van der Waals surface area contributed by atoms with E-state index < -0.39 is 15.9 Å². The van der Waals surface area contributed by atoms with E-state index in [1.165, 1.54) is 19.2 Å². The van der Waals surface area contributed by atoms with Gasteiger partial charge < -0.3 is 9.47 Å². The molecule has 0 aliphatic rings. The molecule has 0 radical (unpaired) electrons. The fourth-order valence-corrected chi connectivity index (χ4v) is 4.33. The van der Waals surface area contributed by atoms with Gasteiger partial charge in [0.1, 0.15) is 11.5 Å². The van der Waals surface area contributed by atoms with Gasteiger partial charge in [-0.2, -0.15) is 0 Å². The summed E-state index contributed by atoms with van der Waals surface area (Å²) in [6.45, 7) is 0.303. The molecule has 7 heteroatoms. The number of carbonyl (C=O) groups excluding carboxylic acids is 1. The van der Waals surface area contributed by atoms with Crippen LogP contribution >= 0.6 is 0 Å². The van der Waals surface area contributed by atoms with Crippen LogP contribution in [-0.2, 0) is 14.8 Å². The van der Waals surface area contributed by atoms with Gasteiger partial charge in [-0.25, -0.2) is 12.7 Å². The molecule has 0 atom stereocenters. The molecular formula is C23H23NO5S. The van der Waals surface area contributed by atoms with E-state index in [1.807, 2.05) is 30.3 Å². The van der Waals surface area contributed by atoms with Crippen molar-refractivity contribution in [3.63, 3.8) is 0 Å². The van der Waals surface area contributed by atoms with Crippen LogP contribution in [0.15, 0.2) is 89.8 Å². The molecule has 0 aromatic heterocycles. The van der Waals surface area contributed by atoms with Gasteiger partial charge in [-0.05, 0) is 55.0 Å². The first kappa shape index (κ1) is 21.4. The standard InChI is InChI=1S/C23H23NO5S/c1-28-20-16-14-19(15-17-20)24(30(26,27)22-11-6-3-7-12-22)23(25)13-8-18-29-21-9-4-2-5-10-21/h2-7,9-12,14-17H,8,13,18H2,1H3. The fraction of sp³-hybridized carbons (Fsp3) is 0.174. The molecule has 3 aromatic rings. The number of para-hydroxylation sites is 1. The van der Waals surface area contributed by atoms with Crippen LogP contribution in [0.4, 0.5) is 5.69 Å². The van der Waals surface area contributed by atoms with Gasteiger partial charge in [-0.3, -0.25) is 4.79 Å². The molecule has 0 N–H and O–H groups in total. The minimum absolute atomic E-state index is 0.0188. The molecule has 1 amide bonds. The van der Waals surface area contributed by atoms with Gasteiger partial charge in [-0.1, -0.05) is 36.4 Å². The molecule has 0 heterocycles. The number of hydrogen-bond donors (Lipinski definition) is 0. The molecule has 3 rings (SSSR count). The van der Waals surface area contributed by atoms with Gasteiger partial charge in [0.05, 0.1) is 24.3 Å². The largest absolute Gasteiger partial charge is 0.497 e. The van der Waals surface area contributed by atoms with Gasteiger partial charge in [0.25, 0.3) is 10.0 Å². The Morgan fingerprint density at radius 3 is 2.03 bits per heavy atom. The number of sulfonamides is 1. The summed E-state index contributed by atoms with van der Waals surface area (Å²) in [4.78, 5) is 13.0. The average Bonchev–Trinajstić information content (AvgIpc) is 2.78. The SMILES string of the molecule is COc1ccc(N(C(=O)CCCOc2ccccc2)S(=O)(=O)c2ccccc2)cc1. The number of hydrogen-bond acceptors (Lipinski definition) is 5. The van der Waals surface area contributed by atoms with Gasteiger partial charge in [0.2, 0.25) is 5.91 Å². The van der Waals surface area contributed by atoms with Gasteiger partial charge in [0.15, 0.2) is 0 Å². The van der Waals surface area contributed by atoms with Crippen LogP contribution in [-0.4, -0.2) is 28.0 Å². The number of carbonyl (C=O) groups is 1. The molecule has 0 saturated carbocycles. The lowest BCUT2D eigenvalue weighted by Crippen LogP contribution is -2.37. The Hall–Kier alpha value is -3.32. The first-order chi connectivity index (χ1) is 14.5. The van der Waals surface area contributed by atoms with Gasteiger partial charge >= 0.3 is 0 Å². The van der Waals surface area contributed by atoms with Crippen molar-refractivity contribution in [3.8, 4) is 11.5 Å². The number of rotatable bonds is 9. The predicted octanol–water partition coefficient (Wildman–Crippen LogP) is 4.28. The minimum Gasteiger partial charge on any atom is -0.497 e. The van der Waals surface area contributed by atoms with E-state index in [-0.39, 0.29) is 17.0 Å². The highest BCUT2D eigenvalue weighted by Crippen LogP contribution is 2.27. The summed E-state index contributed by atoms with van der Waals surface area (Å²) >= 11 is 0. The van der Waals surface area contributed by atoms with E-state index in [2.05, 4.69) is 0 Å². The van der Waals surface area contributed by atoms with E-state index in [1.54, 1.807) is 42.5 Å². The van der Waals surface area contributed by atoms with E-state index in [0.717, 1.165) is 4.31 Å². The predicted molar refractivity (Wildman–Crippen MR) is 115 cm³/mol. The quantitative estimate of drug-likeness (QED) is 0.479. The van der Waals surface area contributed by atoms with E-state index in [4.69, 9.17) is 9.47 Å². The molecule has 0 aliphatic heterocycles. The Kier molecular flexibility index (Phi) is 7.08. The fourth-order valence-electron chi connectivity index (χ4n) is 2.86. The second-order valence-electron chi connectivity index (χ2n) is 6.44. The molecule has 0 spiro atoms.